The Morgan fingerprint density at radius 2 is 1.88 bits per heavy atom. The Morgan fingerprint density at radius 3 is 2.42 bits per heavy atom. The number of benzene rings is 1. The fourth-order valence-electron chi connectivity index (χ4n) is 5.84. The van der Waals surface area contributed by atoms with Crippen molar-refractivity contribution in [2.45, 2.75) is 38.5 Å². The summed E-state index contributed by atoms with van der Waals surface area (Å²) in [7, 11) is 1.50. The molecule has 0 spiro atoms. The summed E-state index contributed by atoms with van der Waals surface area (Å²) in [6.45, 7) is 0.914. The summed E-state index contributed by atoms with van der Waals surface area (Å²) in [5.74, 6) is 3.16. The van der Waals surface area contributed by atoms with Crippen LogP contribution in [0.15, 0.2) is 18.2 Å². The maximum Gasteiger partial charge on any atom is 0.273 e. The van der Waals surface area contributed by atoms with Crippen molar-refractivity contribution in [1.82, 2.24) is 5.32 Å². The molecule has 4 aliphatic rings. The molecule has 0 unspecified atom stereocenters. The van der Waals surface area contributed by atoms with Gasteiger partial charge in [0.1, 0.15) is 5.75 Å². The summed E-state index contributed by atoms with van der Waals surface area (Å²) in [4.78, 5) is 10.5. The second-order valence-electron chi connectivity index (χ2n) is 8.37. The number of ether oxygens (including phenoxy) is 1. The molecule has 0 atom stereocenters. The van der Waals surface area contributed by atoms with E-state index in [1.807, 2.05) is 0 Å². The molecule has 6 nitrogen and oxygen atoms in total. The molecule has 0 aliphatic heterocycles. The Labute approximate surface area is 158 Å². The van der Waals surface area contributed by atoms with Crippen molar-refractivity contribution >= 4 is 28.7 Å². The number of nitrogens with zero attached hydrogens (tertiary/aromatic N) is 1. The molecule has 140 valence electrons. The van der Waals surface area contributed by atoms with Gasteiger partial charge < -0.3 is 15.4 Å². The minimum absolute atomic E-state index is 0.000144. The standard InChI is InChI=1S/C19H25N3O3S/c1-25-17-7-15(22(23)24)2-3-16(17)21-18(26)20-11-19-8-12-4-13(9-19)6-14(5-12)10-19/h2-3,7,12-14H,4-6,8-11H2,1H3,(H2,20,21,26). The predicted octanol–water partition coefficient (Wildman–Crippen LogP) is 4.11. The number of thiocarbonyl (C=S) groups is 1. The van der Waals surface area contributed by atoms with Crippen molar-refractivity contribution in [3.63, 3.8) is 0 Å². The molecule has 5 rings (SSSR count). The molecular formula is C19H25N3O3S. The molecule has 0 heterocycles. The number of nitrogens with one attached hydrogen (secondary N) is 2. The molecule has 0 saturated heterocycles. The SMILES string of the molecule is COc1cc([N+](=O)[O-])ccc1NC(=S)NCC12CC3CC(CC(C3)C1)C2. The van der Waals surface area contributed by atoms with Gasteiger partial charge in [0.2, 0.25) is 0 Å². The van der Waals surface area contributed by atoms with E-state index in [9.17, 15) is 10.1 Å². The number of hydrogen-bond acceptors (Lipinski definition) is 4. The van der Waals surface area contributed by atoms with E-state index in [2.05, 4.69) is 10.6 Å². The smallest absolute Gasteiger partial charge is 0.273 e. The van der Waals surface area contributed by atoms with Crippen molar-refractivity contribution in [1.29, 1.82) is 0 Å². The summed E-state index contributed by atoms with van der Waals surface area (Å²) in [6, 6.07) is 4.49. The van der Waals surface area contributed by atoms with Gasteiger partial charge in [0.25, 0.3) is 5.69 Å². The molecule has 4 bridgehead atoms. The van der Waals surface area contributed by atoms with Gasteiger partial charge >= 0.3 is 0 Å². The highest BCUT2D eigenvalue weighted by atomic mass is 32.1. The van der Waals surface area contributed by atoms with Crippen LogP contribution in [0, 0.1) is 33.3 Å². The third kappa shape index (κ3) is 3.37. The highest BCUT2D eigenvalue weighted by Gasteiger charge is 2.50. The van der Waals surface area contributed by atoms with Gasteiger partial charge in [-0.25, -0.2) is 0 Å². The van der Waals surface area contributed by atoms with Crippen LogP contribution in [-0.4, -0.2) is 23.7 Å². The molecule has 4 saturated carbocycles. The molecule has 26 heavy (non-hydrogen) atoms. The van der Waals surface area contributed by atoms with Gasteiger partial charge in [0.15, 0.2) is 5.11 Å². The lowest BCUT2D eigenvalue weighted by Crippen LogP contribution is -2.51. The van der Waals surface area contributed by atoms with Crippen LogP contribution >= 0.6 is 12.2 Å². The zero-order valence-corrected chi connectivity index (χ0v) is 15.8. The summed E-state index contributed by atoms with van der Waals surface area (Å²) < 4.78 is 5.26. The lowest BCUT2D eigenvalue weighted by atomic mass is 9.49. The quantitative estimate of drug-likeness (QED) is 0.458. The maximum absolute atomic E-state index is 10.9. The first kappa shape index (κ1) is 17.5. The third-order valence-corrected chi connectivity index (χ3v) is 6.68. The number of methoxy groups -OCH3 is 1. The molecule has 0 aromatic heterocycles. The van der Waals surface area contributed by atoms with Gasteiger partial charge in [-0.1, -0.05) is 0 Å². The van der Waals surface area contributed by atoms with Gasteiger partial charge in [-0.3, -0.25) is 10.1 Å². The second kappa shape index (κ2) is 6.68. The van der Waals surface area contributed by atoms with Crippen LogP contribution in [0.2, 0.25) is 0 Å². The molecule has 1 aromatic carbocycles. The maximum atomic E-state index is 10.9. The van der Waals surface area contributed by atoms with Gasteiger partial charge in [0.05, 0.1) is 23.8 Å². The topological polar surface area (TPSA) is 76.4 Å². The number of nitro groups is 1. The summed E-state index contributed by atoms with van der Waals surface area (Å²) >= 11 is 5.47. The summed E-state index contributed by atoms with van der Waals surface area (Å²) in [5.41, 5.74) is 1.04. The summed E-state index contributed by atoms with van der Waals surface area (Å²) in [5, 5.41) is 18.0. The van der Waals surface area contributed by atoms with Gasteiger partial charge in [-0.15, -0.1) is 0 Å². The lowest BCUT2D eigenvalue weighted by Gasteiger charge is -2.57. The van der Waals surface area contributed by atoms with E-state index >= 15 is 0 Å². The van der Waals surface area contributed by atoms with Crippen LogP contribution in [0.4, 0.5) is 11.4 Å². The lowest BCUT2D eigenvalue weighted by molar-refractivity contribution is -0.384. The van der Waals surface area contributed by atoms with E-state index in [1.165, 1.54) is 57.8 Å². The first-order valence-corrected chi connectivity index (χ1v) is 9.74. The largest absolute Gasteiger partial charge is 0.494 e. The Hall–Kier alpha value is -1.89. The zero-order chi connectivity index (χ0) is 18.3. The van der Waals surface area contributed by atoms with Gasteiger partial charge in [-0.05, 0) is 80.0 Å². The second-order valence-corrected chi connectivity index (χ2v) is 8.78. The summed E-state index contributed by atoms with van der Waals surface area (Å²) in [6.07, 6.45) is 8.28. The molecule has 0 amide bonds. The number of hydrogen-bond donors (Lipinski definition) is 2. The van der Waals surface area contributed by atoms with Crippen molar-refractivity contribution < 1.29 is 9.66 Å². The average Bonchev–Trinajstić information content (AvgIpc) is 2.59. The monoisotopic (exact) mass is 375 g/mol. The van der Waals surface area contributed by atoms with Crippen LogP contribution in [-0.2, 0) is 0 Å². The van der Waals surface area contributed by atoms with E-state index in [0.717, 1.165) is 24.3 Å². The number of anilines is 1. The highest BCUT2D eigenvalue weighted by Crippen LogP contribution is 2.59. The minimum atomic E-state index is -0.435. The van der Waals surface area contributed by atoms with E-state index in [-0.39, 0.29) is 5.69 Å². The van der Waals surface area contributed by atoms with Gasteiger partial charge in [0, 0.05) is 12.6 Å². The highest BCUT2D eigenvalue weighted by molar-refractivity contribution is 7.80. The van der Waals surface area contributed by atoms with Crippen LogP contribution in [0.3, 0.4) is 0 Å². The fraction of sp³-hybridized carbons (Fsp3) is 0.632. The molecular weight excluding hydrogens is 350 g/mol. The number of rotatable bonds is 5. The van der Waals surface area contributed by atoms with Crippen molar-refractivity contribution in [2.75, 3.05) is 19.0 Å². The molecule has 7 heteroatoms. The number of nitro benzene ring substituents is 1. The van der Waals surface area contributed by atoms with E-state index in [0.29, 0.717) is 22.0 Å². The van der Waals surface area contributed by atoms with Crippen LogP contribution in [0.1, 0.15) is 38.5 Å². The van der Waals surface area contributed by atoms with Crippen molar-refractivity contribution in [3.05, 3.63) is 28.3 Å². The van der Waals surface area contributed by atoms with Crippen molar-refractivity contribution in [2.24, 2.45) is 23.2 Å². The molecule has 4 aliphatic carbocycles. The van der Waals surface area contributed by atoms with E-state index in [1.54, 1.807) is 6.07 Å². The van der Waals surface area contributed by atoms with Crippen LogP contribution < -0.4 is 15.4 Å². The Kier molecular flexibility index (Phi) is 4.50. The fourth-order valence-corrected chi connectivity index (χ4v) is 6.02. The Morgan fingerprint density at radius 1 is 1.27 bits per heavy atom. The van der Waals surface area contributed by atoms with Gasteiger partial charge in [-0.2, -0.15) is 0 Å². The Balaban J connectivity index is 1.38. The number of non-ortho nitro benzene ring substituents is 1. The normalized spacial score (nSPS) is 31.5. The van der Waals surface area contributed by atoms with Crippen LogP contribution in [0.25, 0.3) is 0 Å². The average molecular weight is 375 g/mol. The Bertz CT molecular complexity index is 701. The van der Waals surface area contributed by atoms with E-state index < -0.39 is 4.92 Å². The molecule has 1 aromatic rings. The first-order chi connectivity index (χ1) is 12.5. The van der Waals surface area contributed by atoms with Crippen LogP contribution in [0.5, 0.6) is 5.75 Å². The molecule has 4 fully saturated rings. The third-order valence-electron chi connectivity index (χ3n) is 6.43. The van der Waals surface area contributed by atoms with E-state index in [4.69, 9.17) is 17.0 Å². The minimum Gasteiger partial charge on any atom is -0.494 e. The van der Waals surface area contributed by atoms with Crippen molar-refractivity contribution in [3.8, 4) is 5.75 Å². The predicted molar refractivity (Wildman–Crippen MR) is 104 cm³/mol. The zero-order valence-electron chi connectivity index (χ0n) is 15.0. The first-order valence-electron chi connectivity index (χ1n) is 9.34. The molecule has 0 radical (unpaired) electrons. The molecule has 2 N–H and O–H groups in total.